The zero-order valence-electron chi connectivity index (χ0n) is 18.4. The highest BCUT2D eigenvalue weighted by Gasteiger charge is 2.13. The number of rotatable bonds is 12. The van der Waals surface area contributed by atoms with Crippen LogP contribution in [0, 0.1) is 15.9 Å². The first-order valence-corrected chi connectivity index (χ1v) is 11.8. The molecule has 0 bridgehead atoms. The number of nitro benzene ring substituents is 1. The molecular formula is C24H24BrClFN3O4. The van der Waals surface area contributed by atoms with E-state index in [1.165, 1.54) is 24.3 Å². The Balaban J connectivity index is 1.54. The second-order valence-corrected chi connectivity index (χ2v) is 8.54. The van der Waals surface area contributed by atoms with E-state index in [-0.39, 0.29) is 18.1 Å². The molecule has 7 nitrogen and oxygen atoms in total. The largest absolute Gasteiger partial charge is 0.490 e. The Morgan fingerprint density at radius 1 is 1.06 bits per heavy atom. The summed E-state index contributed by atoms with van der Waals surface area (Å²) < 4.78 is 25.6. The van der Waals surface area contributed by atoms with Gasteiger partial charge in [-0.05, 0) is 64.3 Å². The first kappa shape index (κ1) is 25.7. The Morgan fingerprint density at radius 2 is 1.82 bits per heavy atom. The lowest BCUT2D eigenvalue weighted by Gasteiger charge is -2.16. The fraction of sp³-hybridized carbons (Fsp3) is 0.250. The maximum atomic E-state index is 13.1. The third kappa shape index (κ3) is 7.31. The molecule has 180 valence electrons. The molecule has 0 saturated heterocycles. The van der Waals surface area contributed by atoms with Gasteiger partial charge in [0, 0.05) is 31.8 Å². The van der Waals surface area contributed by atoms with Gasteiger partial charge in [0.15, 0.2) is 11.5 Å². The minimum absolute atomic E-state index is 0.0468. The summed E-state index contributed by atoms with van der Waals surface area (Å²) in [5.74, 6) is 0.916. The average Bonchev–Trinajstić information content (AvgIpc) is 2.80. The zero-order valence-corrected chi connectivity index (χ0v) is 20.8. The highest BCUT2D eigenvalue weighted by atomic mass is 79.9. The second kappa shape index (κ2) is 12.5. The summed E-state index contributed by atoms with van der Waals surface area (Å²) >= 11 is 9.66. The van der Waals surface area contributed by atoms with Crippen molar-refractivity contribution in [2.75, 3.05) is 25.0 Å². The lowest BCUT2D eigenvalue weighted by molar-refractivity contribution is -0.384. The van der Waals surface area contributed by atoms with Gasteiger partial charge in [0.1, 0.15) is 12.4 Å². The fourth-order valence-electron chi connectivity index (χ4n) is 3.14. The summed E-state index contributed by atoms with van der Waals surface area (Å²) in [6.45, 7) is 4.47. The van der Waals surface area contributed by atoms with Crippen LogP contribution in [0.3, 0.4) is 0 Å². The molecule has 0 saturated carbocycles. The van der Waals surface area contributed by atoms with E-state index in [1.54, 1.807) is 18.2 Å². The van der Waals surface area contributed by atoms with Gasteiger partial charge < -0.3 is 20.1 Å². The molecule has 2 N–H and O–H groups in total. The highest BCUT2D eigenvalue weighted by Crippen LogP contribution is 2.37. The molecule has 0 atom stereocenters. The Hall–Kier alpha value is -2.88. The minimum atomic E-state index is -0.481. The van der Waals surface area contributed by atoms with E-state index >= 15 is 0 Å². The number of anilines is 1. The van der Waals surface area contributed by atoms with Crippen molar-refractivity contribution in [3.8, 4) is 11.5 Å². The molecule has 3 rings (SSSR count). The van der Waals surface area contributed by atoms with Gasteiger partial charge >= 0.3 is 0 Å². The summed E-state index contributed by atoms with van der Waals surface area (Å²) in [5.41, 5.74) is 2.44. The van der Waals surface area contributed by atoms with Crippen LogP contribution >= 0.6 is 27.5 Å². The van der Waals surface area contributed by atoms with Crippen LogP contribution < -0.4 is 20.1 Å². The van der Waals surface area contributed by atoms with Crippen molar-refractivity contribution in [3.05, 3.63) is 91.2 Å². The summed E-state index contributed by atoms with van der Waals surface area (Å²) in [4.78, 5) is 10.3. The number of halogens is 3. The molecule has 0 aromatic heterocycles. The number of nitro groups is 1. The Labute approximate surface area is 210 Å². The zero-order chi connectivity index (χ0) is 24.5. The third-order valence-corrected chi connectivity index (χ3v) is 5.68. The number of ether oxygens (including phenoxy) is 2. The monoisotopic (exact) mass is 551 g/mol. The van der Waals surface area contributed by atoms with Crippen molar-refractivity contribution >= 4 is 38.9 Å². The quantitative estimate of drug-likeness (QED) is 0.155. The van der Waals surface area contributed by atoms with Gasteiger partial charge in [0.05, 0.1) is 26.7 Å². The molecule has 0 aliphatic rings. The predicted molar refractivity (Wildman–Crippen MR) is 134 cm³/mol. The molecule has 0 aliphatic heterocycles. The number of nitrogens with zero attached hydrogens (tertiary/aromatic N) is 1. The molecular weight excluding hydrogens is 529 g/mol. The SMILES string of the molecule is CCOc1cc(CNCCNc2ccc([N+](=O)[O-])cc2Cl)cc(Br)c1OCc1ccc(F)cc1. The van der Waals surface area contributed by atoms with Crippen LogP contribution in [0.25, 0.3) is 0 Å². The van der Waals surface area contributed by atoms with Gasteiger partial charge in [-0.25, -0.2) is 4.39 Å². The highest BCUT2D eigenvalue weighted by molar-refractivity contribution is 9.10. The average molecular weight is 553 g/mol. The van der Waals surface area contributed by atoms with Crippen LogP contribution in [0.4, 0.5) is 15.8 Å². The van der Waals surface area contributed by atoms with E-state index in [9.17, 15) is 14.5 Å². The normalized spacial score (nSPS) is 10.7. The third-order valence-electron chi connectivity index (χ3n) is 4.78. The van der Waals surface area contributed by atoms with Gasteiger partial charge in [-0.2, -0.15) is 0 Å². The van der Waals surface area contributed by atoms with E-state index in [1.807, 2.05) is 19.1 Å². The molecule has 0 radical (unpaired) electrons. The van der Waals surface area contributed by atoms with Crippen LogP contribution in [-0.4, -0.2) is 24.6 Å². The van der Waals surface area contributed by atoms with Gasteiger partial charge in [-0.15, -0.1) is 0 Å². The molecule has 0 amide bonds. The summed E-state index contributed by atoms with van der Waals surface area (Å²) in [6.07, 6.45) is 0. The fourth-order valence-corrected chi connectivity index (χ4v) is 3.99. The number of non-ortho nitro benzene ring substituents is 1. The standard InChI is InChI=1S/C24H24BrClFN3O4/c1-2-33-23-12-17(11-20(25)24(23)34-15-16-3-5-18(27)6-4-16)14-28-9-10-29-22-8-7-19(30(31)32)13-21(22)26/h3-8,11-13,28-29H,2,9-10,14-15H2,1H3. The van der Waals surface area contributed by atoms with E-state index in [4.69, 9.17) is 21.1 Å². The molecule has 34 heavy (non-hydrogen) atoms. The smallest absolute Gasteiger partial charge is 0.271 e. The molecule has 3 aromatic carbocycles. The molecule has 0 unspecified atom stereocenters. The predicted octanol–water partition coefficient (Wildman–Crippen LogP) is 6.33. The van der Waals surface area contributed by atoms with E-state index in [2.05, 4.69) is 26.6 Å². The number of hydrogen-bond acceptors (Lipinski definition) is 6. The molecule has 0 spiro atoms. The molecule has 0 aliphatic carbocycles. The Kier molecular flexibility index (Phi) is 9.50. The van der Waals surface area contributed by atoms with Gasteiger partial charge in [-0.1, -0.05) is 23.7 Å². The first-order valence-electron chi connectivity index (χ1n) is 10.6. The van der Waals surface area contributed by atoms with Gasteiger partial charge in [0.25, 0.3) is 5.69 Å². The summed E-state index contributed by atoms with van der Waals surface area (Å²) in [7, 11) is 0. The molecule has 0 heterocycles. The second-order valence-electron chi connectivity index (χ2n) is 7.28. The summed E-state index contributed by atoms with van der Waals surface area (Å²) in [5, 5.41) is 17.6. The number of hydrogen-bond donors (Lipinski definition) is 2. The lowest BCUT2D eigenvalue weighted by Crippen LogP contribution is -2.22. The van der Waals surface area contributed by atoms with Crippen molar-refractivity contribution in [3.63, 3.8) is 0 Å². The van der Waals surface area contributed by atoms with Crippen molar-refractivity contribution in [1.82, 2.24) is 5.32 Å². The summed E-state index contributed by atoms with van der Waals surface area (Å²) in [6, 6.07) is 14.4. The van der Waals surface area contributed by atoms with E-state index in [0.717, 1.165) is 15.6 Å². The van der Waals surface area contributed by atoms with E-state index in [0.29, 0.717) is 48.5 Å². The van der Waals surface area contributed by atoms with E-state index < -0.39 is 4.92 Å². The molecule has 10 heteroatoms. The molecule has 0 fully saturated rings. The Morgan fingerprint density at radius 3 is 2.50 bits per heavy atom. The van der Waals surface area contributed by atoms with Crippen LogP contribution in [0.1, 0.15) is 18.1 Å². The van der Waals surface area contributed by atoms with Crippen molar-refractivity contribution < 1.29 is 18.8 Å². The van der Waals surface area contributed by atoms with Crippen LogP contribution in [0.15, 0.2) is 59.1 Å². The lowest BCUT2D eigenvalue weighted by atomic mass is 10.2. The number of benzene rings is 3. The molecule has 3 aromatic rings. The van der Waals surface area contributed by atoms with Gasteiger partial charge in [-0.3, -0.25) is 10.1 Å². The maximum absolute atomic E-state index is 13.1. The van der Waals surface area contributed by atoms with Crippen LogP contribution in [0.2, 0.25) is 5.02 Å². The maximum Gasteiger partial charge on any atom is 0.271 e. The first-order chi connectivity index (χ1) is 16.4. The van der Waals surface area contributed by atoms with Crippen molar-refractivity contribution in [2.24, 2.45) is 0 Å². The van der Waals surface area contributed by atoms with Crippen molar-refractivity contribution in [2.45, 2.75) is 20.1 Å². The van der Waals surface area contributed by atoms with Gasteiger partial charge in [0.2, 0.25) is 0 Å². The minimum Gasteiger partial charge on any atom is -0.490 e. The van der Waals surface area contributed by atoms with Crippen molar-refractivity contribution in [1.29, 1.82) is 0 Å². The van der Waals surface area contributed by atoms with Crippen LogP contribution in [-0.2, 0) is 13.2 Å². The topological polar surface area (TPSA) is 85.7 Å². The number of nitrogens with one attached hydrogen (secondary N) is 2. The Bertz CT molecular complexity index is 1130. The van der Waals surface area contributed by atoms with Crippen LogP contribution in [0.5, 0.6) is 11.5 Å².